The number of aromatic nitrogens is 3. The Balaban J connectivity index is 1.50. The number of anilines is 1. The first-order chi connectivity index (χ1) is 15.0. The maximum absolute atomic E-state index is 13.5. The lowest BCUT2D eigenvalue weighted by atomic mass is 9.95. The molecule has 3 N–H and O–H groups in total. The van der Waals surface area contributed by atoms with Crippen molar-refractivity contribution in [3.63, 3.8) is 0 Å². The molecule has 0 aromatic carbocycles. The van der Waals surface area contributed by atoms with Crippen molar-refractivity contribution in [1.82, 2.24) is 25.6 Å². The van der Waals surface area contributed by atoms with E-state index in [9.17, 15) is 9.18 Å². The van der Waals surface area contributed by atoms with Gasteiger partial charge in [0.05, 0.1) is 22.5 Å². The molecule has 9 heteroatoms. The maximum atomic E-state index is 13.5. The van der Waals surface area contributed by atoms with E-state index in [1.165, 1.54) is 23.6 Å². The van der Waals surface area contributed by atoms with E-state index in [2.05, 4.69) is 30.9 Å². The van der Waals surface area contributed by atoms with Gasteiger partial charge in [0.1, 0.15) is 5.82 Å². The third kappa shape index (κ3) is 5.34. The maximum Gasteiger partial charge on any atom is 0.271 e. The number of fused-ring (bicyclic) bond motifs is 1. The van der Waals surface area contributed by atoms with Gasteiger partial charge in [-0.15, -0.1) is 11.3 Å². The van der Waals surface area contributed by atoms with Crippen LogP contribution in [0.2, 0.25) is 0 Å². The number of piperidine rings is 1. The summed E-state index contributed by atoms with van der Waals surface area (Å²) >= 11 is 1.51. The fourth-order valence-electron chi connectivity index (χ4n) is 3.85. The summed E-state index contributed by atoms with van der Waals surface area (Å²) in [6.07, 6.45) is 6.04. The highest BCUT2D eigenvalue weighted by molar-refractivity contribution is 7.19. The van der Waals surface area contributed by atoms with Crippen LogP contribution in [-0.4, -0.2) is 40.5 Å². The molecule has 1 aliphatic rings. The molecule has 7 nitrogen and oxygen atoms in total. The summed E-state index contributed by atoms with van der Waals surface area (Å²) in [5, 5.41) is 9.58. The average Bonchev–Trinajstić information content (AvgIpc) is 3.13. The molecule has 0 aliphatic carbocycles. The van der Waals surface area contributed by atoms with E-state index in [4.69, 9.17) is 0 Å². The lowest BCUT2D eigenvalue weighted by Crippen LogP contribution is -2.31. The molecule has 1 aliphatic heterocycles. The Bertz CT molecular complexity index is 1070. The van der Waals surface area contributed by atoms with Gasteiger partial charge in [0.2, 0.25) is 5.95 Å². The number of thiophene rings is 1. The van der Waals surface area contributed by atoms with E-state index >= 15 is 0 Å². The Hall–Kier alpha value is -2.65. The standard InChI is InChI=1S/C22H27FN6OS/c1-13-9-18-20(31-13)19(21(30)26-8-5-15-3-6-24-7-4-15)29-22(28-18)27-14(2)16-10-17(23)12-25-11-16/h9-12,14-15,24H,3-8H2,1-2H3,(H,26,30)(H,27,28,29). The number of halogens is 1. The quantitative estimate of drug-likeness (QED) is 0.515. The van der Waals surface area contributed by atoms with E-state index in [0.29, 0.717) is 29.7 Å². The predicted octanol–water partition coefficient (Wildman–Crippen LogP) is 3.83. The number of nitrogens with one attached hydrogen (secondary N) is 3. The minimum atomic E-state index is -0.398. The highest BCUT2D eigenvalue weighted by atomic mass is 32.1. The second-order valence-electron chi connectivity index (χ2n) is 8.01. The molecule has 1 fully saturated rings. The number of hydrogen-bond donors (Lipinski definition) is 3. The second kappa shape index (κ2) is 9.65. The van der Waals surface area contributed by atoms with Gasteiger partial charge in [0.15, 0.2) is 5.69 Å². The number of carbonyl (C=O) groups is 1. The molecule has 1 amide bonds. The number of pyridine rings is 1. The van der Waals surface area contributed by atoms with Crippen molar-refractivity contribution in [1.29, 1.82) is 0 Å². The summed E-state index contributed by atoms with van der Waals surface area (Å²) in [7, 11) is 0. The van der Waals surface area contributed by atoms with Crippen LogP contribution in [0.15, 0.2) is 24.5 Å². The molecule has 31 heavy (non-hydrogen) atoms. The van der Waals surface area contributed by atoms with Crippen molar-refractivity contribution >= 4 is 33.4 Å². The van der Waals surface area contributed by atoms with Gasteiger partial charge in [0.25, 0.3) is 5.91 Å². The van der Waals surface area contributed by atoms with Crippen LogP contribution in [0.1, 0.15) is 53.2 Å². The van der Waals surface area contributed by atoms with Gasteiger partial charge < -0.3 is 16.0 Å². The molecule has 3 aromatic rings. The van der Waals surface area contributed by atoms with Crippen LogP contribution in [0.3, 0.4) is 0 Å². The Morgan fingerprint density at radius 1 is 1.29 bits per heavy atom. The zero-order valence-electron chi connectivity index (χ0n) is 17.7. The van der Waals surface area contributed by atoms with E-state index in [1.807, 2.05) is 19.9 Å². The molecule has 0 radical (unpaired) electrons. The zero-order valence-corrected chi connectivity index (χ0v) is 18.6. The molecule has 164 valence electrons. The number of nitrogens with zero attached hydrogens (tertiary/aromatic N) is 3. The van der Waals surface area contributed by atoms with Gasteiger partial charge in [-0.2, -0.15) is 0 Å². The molecule has 0 saturated carbocycles. The van der Waals surface area contributed by atoms with Gasteiger partial charge in [-0.05, 0) is 69.8 Å². The highest BCUT2D eigenvalue weighted by Gasteiger charge is 2.19. The lowest BCUT2D eigenvalue weighted by molar-refractivity contribution is 0.0947. The number of rotatable bonds is 7. The van der Waals surface area contributed by atoms with Crippen LogP contribution in [0, 0.1) is 18.7 Å². The third-order valence-electron chi connectivity index (χ3n) is 5.58. The monoisotopic (exact) mass is 442 g/mol. The van der Waals surface area contributed by atoms with E-state index < -0.39 is 5.82 Å². The van der Waals surface area contributed by atoms with Crippen LogP contribution in [0.25, 0.3) is 10.2 Å². The summed E-state index contributed by atoms with van der Waals surface area (Å²) < 4.78 is 14.3. The van der Waals surface area contributed by atoms with E-state index in [-0.39, 0.29) is 11.9 Å². The van der Waals surface area contributed by atoms with Gasteiger partial charge in [-0.1, -0.05) is 0 Å². The molecule has 1 unspecified atom stereocenters. The van der Waals surface area contributed by atoms with Gasteiger partial charge in [-0.3, -0.25) is 9.78 Å². The Morgan fingerprint density at radius 3 is 2.87 bits per heavy atom. The Morgan fingerprint density at radius 2 is 2.10 bits per heavy atom. The van der Waals surface area contributed by atoms with Crippen LogP contribution in [0.5, 0.6) is 0 Å². The summed E-state index contributed by atoms with van der Waals surface area (Å²) in [6, 6.07) is 3.11. The fraction of sp³-hybridized carbons (Fsp3) is 0.455. The number of amides is 1. The lowest BCUT2D eigenvalue weighted by Gasteiger charge is -2.22. The first-order valence-electron chi connectivity index (χ1n) is 10.6. The largest absolute Gasteiger partial charge is 0.351 e. The predicted molar refractivity (Wildman–Crippen MR) is 121 cm³/mol. The molecule has 4 heterocycles. The molecule has 0 bridgehead atoms. The summed E-state index contributed by atoms with van der Waals surface area (Å²) in [6.45, 7) is 6.59. The van der Waals surface area contributed by atoms with Crippen molar-refractivity contribution < 1.29 is 9.18 Å². The summed E-state index contributed by atoms with van der Waals surface area (Å²) in [4.78, 5) is 27.0. The average molecular weight is 443 g/mol. The number of carbonyl (C=O) groups excluding carboxylic acids is 1. The molecular weight excluding hydrogens is 415 g/mol. The summed E-state index contributed by atoms with van der Waals surface area (Å²) in [5.41, 5.74) is 1.78. The minimum absolute atomic E-state index is 0.189. The topological polar surface area (TPSA) is 91.8 Å². The van der Waals surface area contributed by atoms with Crippen molar-refractivity contribution in [3.8, 4) is 0 Å². The van der Waals surface area contributed by atoms with Crippen molar-refractivity contribution in [2.75, 3.05) is 25.0 Å². The number of hydrogen-bond acceptors (Lipinski definition) is 7. The first kappa shape index (κ1) is 21.6. The van der Waals surface area contributed by atoms with Crippen LogP contribution >= 0.6 is 11.3 Å². The van der Waals surface area contributed by atoms with Crippen LogP contribution in [0.4, 0.5) is 10.3 Å². The smallest absolute Gasteiger partial charge is 0.271 e. The van der Waals surface area contributed by atoms with Crippen LogP contribution < -0.4 is 16.0 Å². The normalized spacial score (nSPS) is 15.7. The minimum Gasteiger partial charge on any atom is -0.351 e. The van der Waals surface area contributed by atoms with Crippen molar-refractivity contribution in [3.05, 3.63) is 46.5 Å². The fourth-order valence-corrected chi connectivity index (χ4v) is 4.79. The molecule has 1 atom stereocenters. The molecule has 0 spiro atoms. The summed E-state index contributed by atoms with van der Waals surface area (Å²) in [5.74, 6) is 0.399. The number of aryl methyl sites for hydroxylation is 1. The molecule has 4 rings (SSSR count). The highest BCUT2D eigenvalue weighted by Crippen LogP contribution is 2.28. The van der Waals surface area contributed by atoms with Gasteiger partial charge >= 0.3 is 0 Å². The Labute approximate surface area is 184 Å². The van der Waals surface area contributed by atoms with Gasteiger partial charge in [-0.25, -0.2) is 14.4 Å². The van der Waals surface area contributed by atoms with Crippen molar-refractivity contribution in [2.24, 2.45) is 5.92 Å². The third-order valence-corrected chi connectivity index (χ3v) is 6.62. The van der Waals surface area contributed by atoms with Gasteiger partial charge in [0, 0.05) is 17.6 Å². The first-order valence-corrected chi connectivity index (χ1v) is 11.5. The zero-order chi connectivity index (χ0) is 21.8. The van der Waals surface area contributed by atoms with E-state index in [1.54, 1.807) is 6.20 Å². The Kier molecular flexibility index (Phi) is 6.72. The van der Waals surface area contributed by atoms with Crippen LogP contribution in [-0.2, 0) is 0 Å². The SMILES string of the molecule is Cc1cc2nc(NC(C)c3cncc(F)c3)nc(C(=O)NCCC3CCNCC3)c2s1. The second-order valence-corrected chi connectivity index (χ2v) is 9.26. The molecular formula is C22H27FN6OS. The molecule has 3 aromatic heterocycles. The van der Waals surface area contributed by atoms with Crippen molar-refractivity contribution in [2.45, 2.75) is 39.2 Å². The molecule has 1 saturated heterocycles. The van der Waals surface area contributed by atoms with E-state index in [0.717, 1.165) is 47.4 Å².